The minimum Gasteiger partial charge on any atom is -0.386 e. The van der Waals surface area contributed by atoms with Crippen molar-refractivity contribution in [2.24, 2.45) is 0 Å². The summed E-state index contributed by atoms with van der Waals surface area (Å²) in [6, 6.07) is 5.73. The zero-order valence-corrected chi connectivity index (χ0v) is 10.2. The number of hydrogen-bond donors (Lipinski definition) is 2. The van der Waals surface area contributed by atoms with E-state index >= 15 is 0 Å². The average molecular weight is 247 g/mol. The number of benzene rings is 1. The number of anilines is 1. The lowest BCUT2D eigenvalue weighted by Crippen LogP contribution is -2.21. The first-order valence-electron chi connectivity index (χ1n) is 6.46. The van der Waals surface area contributed by atoms with Crippen molar-refractivity contribution >= 4 is 11.6 Å². The number of carbonyl (C=O) groups excluding carboxylic acids is 1. The number of amides is 1. The van der Waals surface area contributed by atoms with Crippen LogP contribution in [0.5, 0.6) is 0 Å². The molecule has 0 saturated carbocycles. The summed E-state index contributed by atoms with van der Waals surface area (Å²) in [4.78, 5) is 11.3. The van der Waals surface area contributed by atoms with Crippen LogP contribution in [-0.2, 0) is 16.0 Å². The minimum absolute atomic E-state index is 0.0647. The fourth-order valence-corrected chi connectivity index (χ4v) is 2.65. The van der Waals surface area contributed by atoms with E-state index in [2.05, 4.69) is 5.32 Å². The van der Waals surface area contributed by atoms with Gasteiger partial charge in [0.15, 0.2) is 0 Å². The molecular weight excluding hydrogens is 230 g/mol. The van der Waals surface area contributed by atoms with Crippen LogP contribution in [0, 0.1) is 0 Å². The van der Waals surface area contributed by atoms with Gasteiger partial charge in [0.1, 0.15) is 6.10 Å². The number of hydrogen-bond acceptors (Lipinski definition) is 3. The second-order valence-electron chi connectivity index (χ2n) is 4.96. The molecule has 96 valence electrons. The molecule has 1 saturated heterocycles. The molecule has 1 fully saturated rings. The highest BCUT2D eigenvalue weighted by Crippen LogP contribution is 2.30. The van der Waals surface area contributed by atoms with E-state index in [-0.39, 0.29) is 12.0 Å². The zero-order valence-electron chi connectivity index (χ0n) is 10.2. The number of fused-ring (bicyclic) bond motifs is 1. The van der Waals surface area contributed by atoms with Crippen LogP contribution < -0.4 is 5.32 Å². The van der Waals surface area contributed by atoms with Crippen LogP contribution in [0.4, 0.5) is 5.69 Å². The van der Waals surface area contributed by atoms with E-state index < -0.39 is 6.10 Å². The summed E-state index contributed by atoms with van der Waals surface area (Å²) in [6.07, 6.45) is 2.55. The summed E-state index contributed by atoms with van der Waals surface area (Å²) in [5.74, 6) is 0.0647. The quantitative estimate of drug-likeness (QED) is 0.837. The van der Waals surface area contributed by atoms with E-state index in [1.54, 1.807) is 0 Å². The molecule has 2 unspecified atom stereocenters. The smallest absolute Gasteiger partial charge is 0.224 e. The number of aliphatic hydroxyl groups excluding tert-OH is 1. The molecule has 0 radical (unpaired) electrons. The molecule has 3 rings (SSSR count). The number of rotatable bonds is 2. The number of nitrogens with one attached hydrogen (secondary N) is 1. The SMILES string of the molecule is O=C1CCc2cc(C(O)C3CCCO3)ccc2N1. The standard InChI is InChI=1S/C14H17NO3/c16-13-6-4-9-8-10(3-5-11(9)15-13)14(17)12-2-1-7-18-12/h3,5,8,12,14,17H,1-2,4,6-7H2,(H,15,16). The van der Waals surface area contributed by atoms with Gasteiger partial charge >= 0.3 is 0 Å². The molecule has 2 heterocycles. The van der Waals surface area contributed by atoms with Gasteiger partial charge in [-0.1, -0.05) is 12.1 Å². The summed E-state index contributed by atoms with van der Waals surface area (Å²) >= 11 is 0. The van der Waals surface area contributed by atoms with Crippen molar-refractivity contribution < 1.29 is 14.6 Å². The van der Waals surface area contributed by atoms with Crippen molar-refractivity contribution in [1.29, 1.82) is 0 Å². The van der Waals surface area contributed by atoms with E-state index in [4.69, 9.17) is 4.74 Å². The van der Waals surface area contributed by atoms with Crippen LogP contribution in [0.1, 0.15) is 36.5 Å². The minimum atomic E-state index is -0.560. The van der Waals surface area contributed by atoms with Crippen molar-refractivity contribution in [3.8, 4) is 0 Å². The normalized spacial score (nSPS) is 24.5. The molecule has 0 bridgehead atoms. The molecule has 2 atom stereocenters. The Labute approximate surface area is 106 Å². The summed E-state index contributed by atoms with van der Waals surface area (Å²) in [7, 11) is 0. The summed E-state index contributed by atoms with van der Waals surface area (Å²) < 4.78 is 5.51. The Morgan fingerprint density at radius 1 is 1.39 bits per heavy atom. The molecule has 4 heteroatoms. The molecular formula is C14H17NO3. The fraction of sp³-hybridized carbons (Fsp3) is 0.500. The third-order valence-corrected chi connectivity index (χ3v) is 3.68. The van der Waals surface area contributed by atoms with Gasteiger partial charge in [-0.05, 0) is 36.5 Å². The van der Waals surface area contributed by atoms with Crippen molar-refractivity contribution in [2.45, 2.75) is 37.9 Å². The topological polar surface area (TPSA) is 58.6 Å². The first kappa shape index (κ1) is 11.7. The van der Waals surface area contributed by atoms with Crippen LogP contribution in [0.3, 0.4) is 0 Å². The summed E-state index contributed by atoms with van der Waals surface area (Å²) in [5.41, 5.74) is 2.86. The van der Waals surface area contributed by atoms with Crippen LogP contribution in [0.15, 0.2) is 18.2 Å². The lowest BCUT2D eigenvalue weighted by molar-refractivity contribution is -0.116. The maximum Gasteiger partial charge on any atom is 0.224 e. The molecule has 1 aromatic carbocycles. The molecule has 0 aromatic heterocycles. The molecule has 18 heavy (non-hydrogen) atoms. The zero-order chi connectivity index (χ0) is 12.5. The highest BCUT2D eigenvalue weighted by atomic mass is 16.5. The number of carbonyl (C=O) groups is 1. The predicted molar refractivity (Wildman–Crippen MR) is 67.3 cm³/mol. The van der Waals surface area contributed by atoms with Gasteiger partial charge in [0, 0.05) is 18.7 Å². The van der Waals surface area contributed by atoms with Gasteiger partial charge < -0.3 is 15.2 Å². The van der Waals surface area contributed by atoms with E-state index in [0.29, 0.717) is 6.42 Å². The molecule has 1 aromatic rings. The molecule has 4 nitrogen and oxygen atoms in total. The van der Waals surface area contributed by atoms with Crippen molar-refractivity contribution in [2.75, 3.05) is 11.9 Å². The van der Waals surface area contributed by atoms with Crippen molar-refractivity contribution in [1.82, 2.24) is 0 Å². The van der Waals surface area contributed by atoms with Crippen molar-refractivity contribution in [3.05, 3.63) is 29.3 Å². The second kappa shape index (κ2) is 4.71. The van der Waals surface area contributed by atoms with Gasteiger partial charge in [0.2, 0.25) is 5.91 Å². The Bertz CT molecular complexity index is 466. The molecule has 0 aliphatic carbocycles. The van der Waals surface area contributed by atoms with Gasteiger partial charge in [-0.15, -0.1) is 0 Å². The number of aryl methyl sites for hydroxylation is 1. The molecule has 0 spiro atoms. The van der Waals surface area contributed by atoms with Crippen LogP contribution in [-0.4, -0.2) is 23.7 Å². The maximum atomic E-state index is 11.3. The highest BCUT2D eigenvalue weighted by Gasteiger charge is 2.26. The van der Waals surface area contributed by atoms with E-state index in [0.717, 1.165) is 42.7 Å². The summed E-state index contributed by atoms with van der Waals surface area (Å²) in [5, 5.41) is 13.1. The van der Waals surface area contributed by atoms with Gasteiger partial charge in [-0.25, -0.2) is 0 Å². The molecule has 2 N–H and O–H groups in total. The lowest BCUT2D eigenvalue weighted by Gasteiger charge is -2.21. The van der Waals surface area contributed by atoms with Gasteiger partial charge in [0.25, 0.3) is 0 Å². The average Bonchev–Trinajstić information content (AvgIpc) is 2.91. The Kier molecular flexibility index (Phi) is 3.06. The predicted octanol–water partition coefficient (Wildman–Crippen LogP) is 1.78. The highest BCUT2D eigenvalue weighted by molar-refractivity contribution is 5.93. The second-order valence-corrected chi connectivity index (χ2v) is 4.96. The maximum absolute atomic E-state index is 11.3. The van der Waals surface area contributed by atoms with Crippen LogP contribution in [0.2, 0.25) is 0 Å². The molecule has 1 amide bonds. The van der Waals surface area contributed by atoms with Crippen LogP contribution >= 0.6 is 0 Å². The Balaban J connectivity index is 1.83. The van der Waals surface area contributed by atoms with Crippen molar-refractivity contribution in [3.63, 3.8) is 0 Å². The number of ether oxygens (including phenoxy) is 1. The monoisotopic (exact) mass is 247 g/mol. The first-order valence-corrected chi connectivity index (χ1v) is 6.46. The van der Waals surface area contributed by atoms with Gasteiger partial charge in [-0.2, -0.15) is 0 Å². The van der Waals surface area contributed by atoms with E-state index in [1.807, 2.05) is 18.2 Å². The fourth-order valence-electron chi connectivity index (χ4n) is 2.65. The summed E-state index contributed by atoms with van der Waals surface area (Å²) in [6.45, 7) is 0.739. The van der Waals surface area contributed by atoms with E-state index in [9.17, 15) is 9.90 Å². The number of aliphatic hydroxyl groups is 1. The first-order chi connectivity index (χ1) is 8.74. The Hall–Kier alpha value is -1.39. The Morgan fingerprint density at radius 2 is 2.28 bits per heavy atom. The lowest BCUT2D eigenvalue weighted by atomic mass is 9.95. The Morgan fingerprint density at radius 3 is 3.06 bits per heavy atom. The van der Waals surface area contributed by atoms with Gasteiger partial charge in [-0.3, -0.25) is 4.79 Å². The third-order valence-electron chi connectivity index (χ3n) is 3.68. The largest absolute Gasteiger partial charge is 0.386 e. The molecule has 2 aliphatic rings. The molecule has 2 aliphatic heterocycles. The van der Waals surface area contributed by atoms with E-state index in [1.165, 1.54) is 0 Å². The van der Waals surface area contributed by atoms with Gasteiger partial charge in [0.05, 0.1) is 6.10 Å². The third kappa shape index (κ3) is 2.13. The van der Waals surface area contributed by atoms with Crippen LogP contribution in [0.25, 0.3) is 0 Å².